The van der Waals surface area contributed by atoms with E-state index in [1.54, 1.807) is 10.7 Å². The van der Waals surface area contributed by atoms with Gasteiger partial charge in [0.25, 0.3) is 0 Å². The molecule has 1 aliphatic heterocycles. The van der Waals surface area contributed by atoms with E-state index in [-0.39, 0.29) is 12.3 Å². The number of nitrogens with zero attached hydrogens (tertiary/aromatic N) is 4. The summed E-state index contributed by atoms with van der Waals surface area (Å²) in [7, 11) is 0. The lowest BCUT2D eigenvalue weighted by Gasteiger charge is -2.36. The summed E-state index contributed by atoms with van der Waals surface area (Å²) in [6, 6.07) is 10.5. The molecule has 2 N–H and O–H groups in total. The minimum absolute atomic E-state index is 0.0366. The molecule has 1 aliphatic rings. The van der Waals surface area contributed by atoms with Crippen molar-refractivity contribution in [2.75, 3.05) is 30.0 Å². The summed E-state index contributed by atoms with van der Waals surface area (Å²) >= 11 is 0. The van der Waals surface area contributed by atoms with Gasteiger partial charge in [0.1, 0.15) is 5.82 Å². The Hall–Kier alpha value is -3.13. The molecule has 8 heteroatoms. The summed E-state index contributed by atoms with van der Waals surface area (Å²) in [6.07, 6.45) is 6.47. The van der Waals surface area contributed by atoms with Crippen molar-refractivity contribution in [3.8, 4) is 0 Å². The van der Waals surface area contributed by atoms with Crippen molar-refractivity contribution in [2.24, 2.45) is 0 Å². The van der Waals surface area contributed by atoms with Crippen LogP contribution in [0.4, 0.5) is 17.2 Å². The molecule has 0 radical (unpaired) electrons. The van der Waals surface area contributed by atoms with Crippen LogP contribution >= 0.6 is 0 Å². The highest BCUT2D eigenvalue weighted by Gasteiger charge is 2.24. The van der Waals surface area contributed by atoms with Gasteiger partial charge in [0.2, 0.25) is 0 Å². The van der Waals surface area contributed by atoms with Gasteiger partial charge in [-0.2, -0.15) is 5.10 Å². The number of hydrogen-bond donors (Lipinski definition) is 2. The SMILES string of the molecule is CC[C@@H](CC(=O)O)c1ccc(N(CC)C2CCOCC2)c(Nc2ccn3nccc3n2)c1. The highest BCUT2D eigenvalue weighted by atomic mass is 16.5. The second-order valence-electron chi connectivity index (χ2n) is 8.18. The van der Waals surface area contributed by atoms with Crippen molar-refractivity contribution in [2.45, 2.75) is 51.5 Å². The fraction of sp³-hybridized carbons (Fsp3) is 0.458. The zero-order valence-corrected chi connectivity index (χ0v) is 18.7. The van der Waals surface area contributed by atoms with Gasteiger partial charge >= 0.3 is 5.97 Å². The van der Waals surface area contributed by atoms with Gasteiger partial charge in [-0.15, -0.1) is 0 Å². The summed E-state index contributed by atoms with van der Waals surface area (Å²) < 4.78 is 7.30. The van der Waals surface area contributed by atoms with E-state index in [9.17, 15) is 9.90 Å². The monoisotopic (exact) mass is 437 g/mol. The maximum atomic E-state index is 11.4. The maximum absolute atomic E-state index is 11.4. The van der Waals surface area contributed by atoms with Crippen LogP contribution in [-0.4, -0.2) is 51.5 Å². The first kappa shape index (κ1) is 22.1. The molecule has 4 rings (SSSR count). The van der Waals surface area contributed by atoms with E-state index < -0.39 is 5.97 Å². The van der Waals surface area contributed by atoms with E-state index in [0.717, 1.165) is 67.4 Å². The van der Waals surface area contributed by atoms with E-state index in [1.165, 1.54) is 0 Å². The van der Waals surface area contributed by atoms with Crippen LogP contribution in [0.15, 0.2) is 42.7 Å². The van der Waals surface area contributed by atoms with Crippen molar-refractivity contribution >= 4 is 28.8 Å². The summed E-state index contributed by atoms with van der Waals surface area (Å²) in [5, 5.41) is 17.1. The lowest BCUT2D eigenvalue weighted by atomic mass is 9.92. The first-order valence-corrected chi connectivity index (χ1v) is 11.4. The first-order valence-electron chi connectivity index (χ1n) is 11.4. The normalized spacial score (nSPS) is 15.6. The van der Waals surface area contributed by atoms with Crippen molar-refractivity contribution in [3.63, 3.8) is 0 Å². The quantitative estimate of drug-likeness (QED) is 0.511. The zero-order chi connectivity index (χ0) is 22.5. The third kappa shape index (κ3) is 4.85. The Morgan fingerprint density at radius 2 is 2.09 bits per heavy atom. The molecule has 1 atom stereocenters. The van der Waals surface area contributed by atoms with E-state index in [4.69, 9.17) is 4.74 Å². The number of fused-ring (bicyclic) bond motifs is 1. The molecule has 1 fully saturated rings. The van der Waals surface area contributed by atoms with Gasteiger partial charge < -0.3 is 20.1 Å². The van der Waals surface area contributed by atoms with Gasteiger partial charge in [-0.3, -0.25) is 4.79 Å². The Morgan fingerprint density at radius 3 is 2.81 bits per heavy atom. The maximum Gasteiger partial charge on any atom is 0.303 e. The molecule has 8 nitrogen and oxygen atoms in total. The molecule has 3 aromatic rings. The second kappa shape index (κ2) is 9.99. The van der Waals surface area contributed by atoms with Gasteiger partial charge in [-0.1, -0.05) is 13.0 Å². The van der Waals surface area contributed by atoms with E-state index >= 15 is 0 Å². The fourth-order valence-electron chi connectivity index (χ4n) is 4.51. The number of anilines is 3. The number of carboxylic acids is 1. The van der Waals surface area contributed by atoms with Crippen LogP contribution in [-0.2, 0) is 9.53 Å². The topological polar surface area (TPSA) is 92.0 Å². The van der Waals surface area contributed by atoms with E-state index in [0.29, 0.717) is 6.04 Å². The highest BCUT2D eigenvalue weighted by molar-refractivity contribution is 5.76. The second-order valence-corrected chi connectivity index (χ2v) is 8.18. The molecule has 2 aromatic heterocycles. The molecule has 1 aromatic carbocycles. The number of aliphatic carboxylic acids is 1. The third-order valence-corrected chi connectivity index (χ3v) is 6.21. The number of ether oxygens (including phenoxy) is 1. The minimum atomic E-state index is -0.777. The number of rotatable bonds is 9. The first-order chi connectivity index (χ1) is 15.6. The number of nitrogens with one attached hydrogen (secondary N) is 1. The zero-order valence-electron chi connectivity index (χ0n) is 18.7. The third-order valence-electron chi connectivity index (χ3n) is 6.21. The van der Waals surface area contributed by atoms with Crippen LogP contribution in [0, 0.1) is 0 Å². The van der Waals surface area contributed by atoms with Crippen LogP contribution in [0.5, 0.6) is 0 Å². The van der Waals surface area contributed by atoms with Crippen LogP contribution in [0.3, 0.4) is 0 Å². The smallest absolute Gasteiger partial charge is 0.303 e. The number of carbonyl (C=O) groups is 1. The average Bonchev–Trinajstić information content (AvgIpc) is 3.27. The molecule has 0 saturated carbocycles. The van der Waals surface area contributed by atoms with Gasteiger partial charge in [0.05, 0.1) is 24.0 Å². The Balaban J connectivity index is 1.72. The summed E-state index contributed by atoms with van der Waals surface area (Å²) in [6.45, 7) is 6.63. The van der Waals surface area contributed by atoms with E-state index in [2.05, 4.69) is 45.4 Å². The van der Waals surface area contributed by atoms with Gasteiger partial charge in [0, 0.05) is 38.1 Å². The van der Waals surface area contributed by atoms with Crippen LogP contribution in [0.25, 0.3) is 5.65 Å². The molecular formula is C24H31N5O3. The summed E-state index contributed by atoms with van der Waals surface area (Å²) in [5.74, 6) is -0.0862. The summed E-state index contributed by atoms with van der Waals surface area (Å²) in [4.78, 5) is 18.5. The van der Waals surface area contributed by atoms with Gasteiger partial charge in [0.15, 0.2) is 5.65 Å². The molecule has 170 valence electrons. The molecule has 32 heavy (non-hydrogen) atoms. The number of hydrogen-bond acceptors (Lipinski definition) is 6. The molecule has 0 aliphatic carbocycles. The molecule has 0 amide bonds. The number of benzene rings is 1. The van der Waals surface area contributed by atoms with Crippen LogP contribution in [0.2, 0.25) is 0 Å². The predicted octanol–water partition coefficient (Wildman–Crippen LogP) is 4.45. The Bertz CT molecular complexity index is 1060. The van der Waals surface area contributed by atoms with Crippen molar-refractivity contribution in [1.82, 2.24) is 14.6 Å². The van der Waals surface area contributed by atoms with E-state index in [1.807, 2.05) is 25.3 Å². The van der Waals surface area contributed by atoms with Gasteiger partial charge in [-0.25, -0.2) is 9.50 Å². The Labute approximate surface area is 188 Å². The molecule has 0 bridgehead atoms. The van der Waals surface area contributed by atoms with Crippen LogP contribution < -0.4 is 10.2 Å². The lowest BCUT2D eigenvalue weighted by Crippen LogP contribution is -2.39. The minimum Gasteiger partial charge on any atom is -0.481 e. The fourth-order valence-corrected chi connectivity index (χ4v) is 4.51. The molecule has 0 spiro atoms. The molecular weight excluding hydrogens is 406 g/mol. The van der Waals surface area contributed by atoms with Crippen molar-refractivity contribution in [1.29, 1.82) is 0 Å². The van der Waals surface area contributed by atoms with Crippen LogP contribution in [0.1, 0.15) is 51.0 Å². The average molecular weight is 438 g/mol. The number of aromatic nitrogens is 3. The molecule has 1 saturated heterocycles. The summed E-state index contributed by atoms with van der Waals surface area (Å²) in [5.41, 5.74) is 3.83. The predicted molar refractivity (Wildman–Crippen MR) is 125 cm³/mol. The van der Waals surface area contributed by atoms with Crippen molar-refractivity contribution < 1.29 is 14.6 Å². The largest absolute Gasteiger partial charge is 0.481 e. The Morgan fingerprint density at radius 1 is 1.28 bits per heavy atom. The van der Waals surface area contributed by atoms with Gasteiger partial charge in [-0.05, 0) is 55.9 Å². The number of carboxylic acid groups (broad SMARTS) is 1. The Kier molecular flexibility index (Phi) is 6.90. The lowest BCUT2D eigenvalue weighted by molar-refractivity contribution is -0.137. The molecule has 0 unspecified atom stereocenters. The van der Waals surface area contributed by atoms with Crippen molar-refractivity contribution in [3.05, 3.63) is 48.3 Å². The molecule has 3 heterocycles. The standard InChI is InChI=1S/C24H31N5O3/c1-3-17(16-24(30)31)18-5-6-21(28(4-2)19-9-13-32-14-10-19)20(15-18)26-22-8-12-29-23(27-22)7-11-25-29/h5-8,11-12,15,17,19H,3-4,9-10,13-14,16H2,1-2H3,(H,26,27)(H,30,31)/t17-/m0/s1. The highest BCUT2D eigenvalue weighted by Crippen LogP contribution is 2.36.